The van der Waals surface area contributed by atoms with Crippen molar-refractivity contribution in [1.29, 1.82) is 0 Å². The van der Waals surface area contributed by atoms with Crippen molar-refractivity contribution in [3.8, 4) is 0 Å². The molecular weight excluding hydrogens is 184 g/mol. The summed E-state index contributed by atoms with van der Waals surface area (Å²) in [6.45, 7) is 2.16. The van der Waals surface area contributed by atoms with E-state index in [9.17, 15) is 4.79 Å². The molecule has 0 aliphatic heterocycles. The molecule has 0 spiro atoms. The molecule has 0 saturated carbocycles. The summed E-state index contributed by atoms with van der Waals surface area (Å²) in [6, 6.07) is 8.10. The average molecular weight is 202 g/mol. The summed E-state index contributed by atoms with van der Waals surface area (Å²) in [4.78, 5) is 12.2. The highest BCUT2D eigenvalue weighted by Crippen LogP contribution is 2.27. The van der Waals surface area contributed by atoms with Crippen molar-refractivity contribution in [3.63, 3.8) is 0 Å². The Kier molecular flexibility index (Phi) is 3.20. The van der Waals surface area contributed by atoms with Crippen LogP contribution < -0.4 is 0 Å². The molecule has 15 heavy (non-hydrogen) atoms. The monoisotopic (exact) mass is 202 g/mol. The number of carbonyl (C=O) groups excluding carboxylic acids is 1. The van der Waals surface area contributed by atoms with E-state index in [1.807, 2.05) is 18.2 Å². The zero-order chi connectivity index (χ0) is 10.7. The Hall–Kier alpha value is -1.11. The van der Waals surface area contributed by atoms with E-state index in [1.165, 1.54) is 5.56 Å². The van der Waals surface area contributed by atoms with Crippen LogP contribution in [0.4, 0.5) is 0 Å². The summed E-state index contributed by atoms with van der Waals surface area (Å²) < 4.78 is 0. The molecule has 0 amide bonds. The molecule has 1 atom stereocenters. The quantitative estimate of drug-likeness (QED) is 0.669. The number of rotatable bonds is 2. The molecule has 1 unspecified atom stereocenters. The Labute approximate surface area is 91.5 Å². The van der Waals surface area contributed by atoms with Gasteiger partial charge in [-0.05, 0) is 31.2 Å². The Balaban J connectivity index is 2.30. The molecule has 1 aromatic carbocycles. The van der Waals surface area contributed by atoms with E-state index in [0.29, 0.717) is 5.78 Å². The van der Waals surface area contributed by atoms with Gasteiger partial charge in [-0.3, -0.25) is 4.79 Å². The standard InChI is InChI=1S/C14H18O/c1-2-6-12-9-5-8-11-7-3-4-10-13(11)14(12)15/h3-4,7,10,12H,2,5-6,8-9H2,1H3. The molecule has 1 aliphatic rings. The van der Waals surface area contributed by atoms with Crippen molar-refractivity contribution in [2.45, 2.75) is 39.0 Å². The second kappa shape index (κ2) is 4.61. The lowest BCUT2D eigenvalue weighted by Crippen LogP contribution is -2.13. The number of hydrogen-bond acceptors (Lipinski definition) is 1. The summed E-state index contributed by atoms with van der Waals surface area (Å²) in [5, 5.41) is 0. The largest absolute Gasteiger partial charge is 0.294 e. The Morgan fingerprint density at radius 2 is 2.13 bits per heavy atom. The van der Waals surface area contributed by atoms with Gasteiger partial charge < -0.3 is 0 Å². The van der Waals surface area contributed by atoms with Crippen LogP contribution in [0.1, 0.15) is 48.5 Å². The van der Waals surface area contributed by atoms with Crippen LogP contribution in [0.25, 0.3) is 0 Å². The summed E-state index contributed by atoms with van der Waals surface area (Å²) in [5.41, 5.74) is 2.23. The summed E-state index contributed by atoms with van der Waals surface area (Å²) in [7, 11) is 0. The molecule has 2 rings (SSSR count). The third-order valence-electron chi connectivity index (χ3n) is 3.29. The van der Waals surface area contributed by atoms with Gasteiger partial charge in [-0.1, -0.05) is 37.6 Å². The number of benzene rings is 1. The van der Waals surface area contributed by atoms with E-state index >= 15 is 0 Å². The molecule has 0 N–H and O–H groups in total. The van der Waals surface area contributed by atoms with Crippen LogP contribution in [0.5, 0.6) is 0 Å². The second-order valence-electron chi connectivity index (χ2n) is 4.40. The average Bonchev–Trinajstić information content (AvgIpc) is 2.41. The molecule has 0 heterocycles. The van der Waals surface area contributed by atoms with E-state index in [4.69, 9.17) is 0 Å². The Morgan fingerprint density at radius 1 is 1.33 bits per heavy atom. The lowest BCUT2D eigenvalue weighted by atomic mass is 9.91. The van der Waals surface area contributed by atoms with Gasteiger partial charge in [0, 0.05) is 11.5 Å². The minimum absolute atomic E-state index is 0.277. The van der Waals surface area contributed by atoms with Gasteiger partial charge in [0.25, 0.3) is 0 Å². The van der Waals surface area contributed by atoms with Crippen molar-refractivity contribution in [1.82, 2.24) is 0 Å². The molecule has 0 bridgehead atoms. The van der Waals surface area contributed by atoms with Crippen LogP contribution in [0.15, 0.2) is 24.3 Å². The molecule has 1 heteroatoms. The van der Waals surface area contributed by atoms with Crippen LogP contribution in [0.3, 0.4) is 0 Å². The van der Waals surface area contributed by atoms with Crippen molar-refractivity contribution in [2.24, 2.45) is 5.92 Å². The Morgan fingerprint density at radius 3 is 2.93 bits per heavy atom. The van der Waals surface area contributed by atoms with Crippen LogP contribution in [0.2, 0.25) is 0 Å². The highest BCUT2D eigenvalue weighted by Gasteiger charge is 2.23. The minimum atomic E-state index is 0.277. The maximum absolute atomic E-state index is 12.2. The predicted octanol–water partition coefficient (Wildman–Crippen LogP) is 3.62. The molecule has 0 aromatic heterocycles. The van der Waals surface area contributed by atoms with Gasteiger partial charge in [0.15, 0.2) is 5.78 Å². The normalized spacial score (nSPS) is 20.9. The lowest BCUT2D eigenvalue weighted by molar-refractivity contribution is 0.0908. The second-order valence-corrected chi connectivity index (χ2v) is 4.40. The van der Waals surface area contributed by atoms with Crippen LogP contribution in [-0.2, 0) is 6.42 Å². The fraction of sp³-hybridized carbons (Fsp3) is 0.500. The third kappa shape index (κ3) is 2.11. The van der Waals surface area contributed by atoms with Crippen molar-refractivity contribution in [2.75, 3.05) is 0 Å². The van der Waals surface area contributed by atoms with E-state index < -0.39 is 0 Å². The first-order valence-corrected chi connectivity index (χ1v) is 5.95. The summed E-state index contributed by atoms with van der Waals surface area (Å²) in [6.07, 6.45) is 5.46. The molecule has 1 aromatic rings. The SMILES string of the molecule is CCCC1CCCc2ccccc2C1=O. The number of aryl methyl sites for hydroxylation is 1. The molecule has 0 radical (unpaired) electrons. The fourth-order valence-corrected chi connectivity index (χ4v) is 2.49. The van der Waals surface area contributed by atoms with Gasteiger partial charge in [0.2, 0.25) is 0 Å². The molecule has 0 fully saturated rings. The number of Topliss-reactive ketones (excluding diaryl/α,β-unsaturated/α-hetero) is 1. The van der Waals surface area contributed by atoms with Crippen molar-refractivity contribution >= 4 is 5.78 Å². The molecule has 80 valence electrons. The van der Waals surface area contributed by atoms with Crippen molar-refractivity contribution in [3.05, 3.63) is 35.4 Å². The fourth-order valence-electron chi connectivity index (χ4n) is 2.49. The lowest BCUT2D eigenvalue weighted by Gasteiger charge is -2.11. The molecule has 0 saturated heterocycles. The van der Waals surface area contributed by atoms with Crippen LogP contribution >= 0.6 is 0 Å². The molecule has 1 nitrogen and oxygen atoms in total. The predicted molar refractivity (Wildman–Crippen MR) is 62.1 cm³/mol. The van der Waals surface area contributed by atoms with Gasteiger partial charge >= 0.3 is 0 Å². The zero-order valence-electron chi connectivity index (χ0n) is 9.33. The minimum Gasteiger partial charge on any atom is -0.294 e. The molecular formula is C14H18O. The number of ketones is 1. The van der Waals surface area contributed by atoms with Crippen LogP contribution in [0, 0.1) is 5.92 Å². The van der Waals surface area contributed by atoms with E-state index in [1.54, 1.807) is 0 Å². The Bertz CT molecular complexity index is 354. The number of fused-ring (bicyclic) bond motifs is 1. The van der Waals surface area contributed by atoms with E-state index in [2.05, 4.69) is 13.0 Å². The summed E-state index contributed by atoms with van der Waals surface area (Å²) >= 11 is 0. The highest BCUT2D eigenvalue weighted by molar-refractivity contribution is 5.99. The van der Waals surface area contributed by atoms with Gasteiger partial charge in [-0.15, -0.1) is 0 Å². The first-order valence-electron chi connectivity index (χ1n) is 5.95. The van der Waals surface area contributed by atoms with Gasteiger partial charge in [-0.2, -0.15) is 0 Å². The number of hydrogen-bond donors (Lipinski definition) is 0. The number of carbonyl (C=O) groups is 1. The maximum atomic E-state index is 12.2. The van der Waals surface area contributed by atoms with Crippen molar-refractivity contribution < 1.29 is 4.79 Å². The van der Waals surface area contributed by atoms with E-state index in [0.717, 1.165) is 37.7 Å². The maximum Gasteiger partial charge on any atom is 0.166 e. The van der Waals surface area contributed by atoms with Crippen LogP contribution in [-0.4, -0.2) is 5.78 Å². The zero-order valence-corrected chi connectivity index (χ0v) is 9.33. The molecule has 1 aliphatic carbocycles. The highest BCUT2D eigenvalue weighted by atomic mass is 16.1. The smallest absolute Gasteiger partial charge is 0.166 e. The first-order chi connectivity index (χ1) is 7.33. The van der Waals surface area contributed by atoms with E-state index in [-0.39, 0.29) is 5.92 Å². The first kappa shape index (κ1) is 10.4. The van der Waals surface area contributed by atoms with Gasteiger partial charge in [0.05, 0.1) is 0 Å². The third-order valence-corrected chi connectivity index (χ3v) is 3.29. The summed E-state index contributed by atoms with van der Waals surface area (Å²) in [5.74, 6) is 0.656. The topological polar surface area (TPSA) is 17.1 Å². The van der Waals surface area contributed by atoms with Gasteiger partial charge in [0.1, 0.15) is 0 Å². The van der Waals surface area contributed by atoms with Gasteiger partial charge in [-0.25, -0.2) is 0 Å².